The summed E-state index contributed by atoms with van der Waals surface area (Å²) in [4.78, 5) is 0. The lowest BCUT2D eigenvalue weighted by atomic mass is 9.85. The highest BCUT2D eigenvalue weighted by atomic mass is 19.4. The predicted molar refractivity (Wildman–Crippen MR) is 72.7 cm³/mol. The van der Waals surface area contributed by atoms with Gasteiger partial charge in [0.05, 0.1) is 12.2 Å². The molecule has 2 rings (SSSR count). The molecule has 120 valence electrons. The Morgan fingerprint density at radius 1 is 1.43 bits per heavy atom. The van der Waals surface area contributed by atoms with Crippen LogP contribution in [0.1, 0.15) is 50.9 Å². The molecule has 3 nitrogen and oxygen atoms in total. The summed E-state index contributed by atoms with van der Waals surface area (Å²) in [6.45, 7) is 1.88. The summed E-state index contributed by atoms with van der Waals surface area (Å²) in [5, 5.41) is 13.2. The first-order valence-electron chi connectivity index (χ1n) is 7.40. The highest BCUT2D eigenvalue weighted by molar-refractivity contribution is 5.02. The Labute approximate surface area is 122 Å². The molecule has 4 unspecified atom stereocenters. The van der Waals surface area contributed by atoms with E-state index in [2.05, 4.69) is 5.32 Å². The first kappa shape index (κ1) is 16.4. The summed E-state index contributed by atoms with van der Waals surface area (Å²) in [5.41, 5.74) is 0. The Hall–Kier alpha value is -1.01. The van der Waals surface area contributed by atoms with Crippen LogP contribution in [-0.2, 0) is 0 Å². The van der Waals surface area contributed by atoms with E-state index in [1.54, 1.807) is 12.1 Å². The first-order chi connectivity index (χ1) is 9.86. The molecule has 0 amide bonds. The van der Waals surface area contributed by atoms with Gasteiger partial charge in [0.15, 0.2) is 0 Å². The van der Waals surface area contributed by atoms with E-state index in [0.717, 1.165) is 6.42 Å². The molecule has 1 aliphatic carbocycles. The number of aliphatic hydroxyl groups excluding tert-OH is 1. The van der Waals surface area contributed by atoms with Crippen LogP contribution in [0, 0.1) is 5.92 Å². The van der Waals surface area contributed by atoms with Gasteiger partial charge in [0, 0.05) is 12.1 Å². The highest BCUT2D eigenvalue weighted by Gasteiger charge is 2.42. The van der Waals surface area contributed by atoms with Crippen molar-refractivity contribution in [2.45, 2.75) is 63.4 Å². The van der Waals surface area contributed by atoms with E-state index in [4.69, 9.17) is 4.42 Å². The standard InChI is InChI=1S/C15H22F3NO2/c1-10(8-13(20)14-6-3-7-21-14)19-12-5-2-4-11(9-12)15(16,17)18/h3,6-7,10-13,19-20H,2,4-5,8-9H2,1H3. The molecule has 1 aliphatic rings. The minimum absolute atomic E-state index is 0.0675. The average Bonchev–Trinajstić information content (AvgIpc) is 2.91. The van der Waals surface area contributed by atoms with Gasteiger partial charge in [-0.05, 0) is 44.7 Å². The molecule has 1 saturated carbocycles. The van der Waals surface area contributed by atoms with Crippen LogP contribution in [0.3, 0.4) is 0 Å². The second kappa shape index (κ2) is 6.83. The fourth-order valence-corrected chi connectivity index (χ4v) is 3.04. The quantitative estimate of drug-likeness (QED) is 0.869. The molecule has 21 heavy (non-hydrogen) atoms. The van der Waals surface area contributed by atoms with Crippen molar-refractivity contribution in [3.05, 3.63) is 24.2 Å². The monoisotopic (exact) mass is 305 g/mol. The van der Waals surface area contributed by atoms with Crippen LogP contribution in [-0.4, -0.2) is 23.4 Å². The van der Waals surface area contributed by atoms with Gasteiger partial charge in [-0.2, -0.15) is 13.2 Å². The SMILES string of the molecule is CC(CC(O)c1ccco1)NC1CCCC(C(F)(F)F)C1. The lowest BCUT2D eigenvalue weighted by molar-refractivity contribution is -0.183. The number of alkyl halides is 3. The number of aliphatic hydroxyl groups is 1. The number of hydrogen-bond acceptors (Lipinski definition) is 3. The molecule has 1 fully saturated rings. The van der Waals surface area contributed by atoms with E-state index in [9.17, 15) is 18.3 Å². The Balaban J connectivity index is 1.81. The van der Waals surface area contributed by atoms with Gasteiger partial charge in [0.25, 0.3) is 0 Å². The van der Waals surface area contributed by atoms with Gasteiger partial charge < -0.3 is 14.8 Å². The maximum Gasteiger partial charge on any atom is 0.391 e. The third kappa shape index (κ3) is 4.74. The van der Waals surface area contributed by atoms with Gasteiger partial charge in [-0.15, -0.1) is 0 Å². The molecule has 0 saturated heterocycles. The minimum Gasteiger partial charge on any atom is -0.467 e. The van der Waals surface area contributed by atoms with E-state index >= 15 is 0 Å². The van der Waals surface area contributed by atoms with E-state index in [0.29, 0.717) is 18.6 Å². The van der Waals surface area contributed by atoms with Crippen molar-refractivity contribution < 1.29 is 22.7 Å². The van der Waals surface area contributed by atoms with Crippen molar-refractivity contribution in [3.8, 4) is 0 Å². The Kier molecular flexibility index (Phi) is 5.32. The molecule has 0 radical (unpaired) electrons. The van der Waals surface area contributed by atoms with E-state index < -0.39 is 18.2 Å². The molecule has 0 bridgehead atoms. The van der Waals surface area contributed by atoms with Gasteiger partial charge >= 0.3 is 6.18 Å². The zero-order valence-electron chi connectivity index (χ0n) is 12.1. The number of rotatable bonds is 5. The largest absolute Gasteiger partial charge is 0.467 e. The lowest BCUT2D eigenvalue weighted by Gasteiger charge is -2.33. The second-order valence-corrected chi connectivity index (χ2v) is 5.94. The summed E-state index contributed by atoms with van der Waals surface area (Å²) in [5.74, 6) is -0.716. The number of hydrogen-bond donors (Lipinski definition) is 2. The molecule has 1 aromatic heterocycles. The van der Waals surface area contributed by atoms with Crippen LogP contribution >= 0.6 is 0 Å². The Morgan fingerprint density at radius 2 is 2.19 bits per heavy atom. The minimum atomic E-state index is -4.10. The Bertz CT molecular complexity index is 419. The van der Waals surface area contributed by atoms with Crippen molar-refractivity contribution in [2.75, 3.05) is 0 Å². The van der Waals surface area contributed by atoms with Crippen LogP contribution in [0.15, 0.2) is 22.8 Å². The molecular formula is C15H22F3NO2. The molecule has 0 aliphatic heterocycles. The van der Waals surface area contributed by atoms with Gasteiger partial charge in [-0.25, -0.2) is 0 Å². The summed E-state index contributed by atoms with van der Waals surface area (Å²) in [7, 11) is 0. The maximum atomic E-state index is 12.8. The van der Waals surface area contributed by atoms with E-state index in [-0.39, 0.29) is 24.9 Å². The maximum absolute atomic E-state index is 12.8. The van der Waals surface area contributed by atoms with Crippen LogP contribution < -0.4 is 5.32 Å². The van der Waals surface area contributed by atoms with Gasteiger partial charge in [-0.1, -0.05) is 6.42 Å². The van der Waals surface area contributed by atoms with Crippen LogP contribution in [0.5, 0.6) is 0 Å². The van der Waals surface area contributed by atoms with E-state index in [1.807, 2.05) is 6.92 Å². The molecule has 4 atom stereocenters. The third-order valence-electron chi connectivity index (χ3n) is 4.11. The topological polar surface area (TPSA) is 45.4 Å². The first-order valence-corrected chi connectivity index (χ1v) is 7.40. The number of halogens is 3. The van der Waals surface area contributed by atoms with Gasteiger partial charge in [-0.3, -0.25) is 0 Å². The summed E-state index contributed by atoms with van der Waals surface area (Å²) >= 11 is 0. The van der Waals surface area contributed by atoms with Crippen molar-refractivity contribution in [2.24, 2.45) is 5.92 Å². The smallest absolute Gasteiger partial charge is 0.391 e. The predicted octanol–water partition coefficient (Wildman–Crippen LogP) is 3.80. The fourth-order valence-electron chi connectivity index (χ4n) is 3.04. The van der Waals surface area contributed by atoms with Crippen LogP contribution in [0.4, 0.5) is 13.2 Å². The molecule has 1 aromatic rings. The third-order valence-corrected chi connectivity index (χ3v) is 4.11. The average molecular weight is 305 g/mol. The van der Waals surface area contributed by atoms with Crippen molar-refractivity contribution in [1.29, 1.82) is 0 Å². The number of nitrogens with one attached hydrogen (secondary N) is 1. The molecular weight excluding hydrogens is 283 g/mol. The van der Waals surface area contributed by atoms with Gasteiger partial charge in [0.1, 0.15) is 11.9 Å². The van der Waals surface area contributed by atoms with Crippen molar-refractivity contribution in [1.82, 2.24) is 5.32 Å². The van der Waals surface area contributed by atoms with Gasteiger partial charge in [0.2, 0.25) is 0 Å². The zero-order valence-corrected chi connectivity index (χ0v) is 12.1. The molecule has 1 heterocycles. The zero-order chi connectivity index (χ0) is 15.5. The molecule has 0 spiro atoms. The summed E-state index contributed by atoms with van der Waals surface area (Å²) < 4.78 is 43.4. The number of furan rings is 1. The molecule has 6 heteroatoms. The van der Waals surface area contributed by atoms with Crippen molar-refractivity contribution in [3.63, 3.8) is 0 Å². The molecule has 0 aromatic carbocycles. The van der Waals surface area contributed by atoms with Crippen molar-refractivity contribution >= 4 is 0 Å². The highest BCUT2D eigenvalue weighted by Crippen LogP contribution is 2.37. The van der Waals surface area contributed by atoms with Crippen LogP contribution in [0.25, 0.3) is 0 Å². The normalized spacial score (nSPS) is 26.5. The summed E-state index contributed by atoms with van der Waals surface area (Å²) in [6, 6.07) is 3.19. The Morgan fingerprint density at radius 3 is 2.81 bits per heavy atom. The fraction of sp³-hybridized carbons (Fsp3) is 0.733. The molecule has 2 N–H and O–H groups in total. The lowest BCUT2D eigenvalue weighted by Crippen LogP contribution is -2.43. The second-order valence-electron chi connectivity index (χ2n) is 5.94. The van der Waals surface area contributed by atoms with Crippen LogP contribution in [0.2, 0.25) is 0 Å². The van der Waals surface area contributed by atoms with E-state index in [1.165, 1.54) is 6.26 Å². The summed E-state index contributed by atoms with van der Waals surface area (Å²) in [6.07, 6.45) is -1.22.